The van der Waals surface area contributed by atoms with E-state index in [1.54, 1.807) is 13.2 Å². The lowest BCUT2D eigenvalue weighted by Gasteiger charge is -2.26. The van der Waals surface area contributed by atoms with Gasteiger partial charge in [0.2, 0.25) is 0 Å². The van der Waals surface area contributed by atoms with Gasteiger partial charge >= 0.3 is 0 Å². The van der Waals surface area contributed by atoms with Crippen LogP contribution < -0.4 is 16.2 Å². The number of nitrogens with zero attached hydrogens (tertiary/aromatic N) is 1. The third kappa shape index (κ3) is 9.62. The van der Waals surface area contributed by atoms with Crippen LogP contribution in [0.5, 0.6) is 11.5 Å². The number of ketones is 1. The molecule has 1 saturated carbocycles. The maximum Gasteiger partial charge on any atom is 0.186 e. The van der Waals surface area contributed by atoms with Gasteiger partial charge in [0.25, 0.3) is 0 Å². The van der Waals surface area contributed by atoms with Crippen molar-refractivity contribution in [1.82, 2.24) is 0 Å². The average Bonchev–Trinajstić information content (AvgIpc) is 3.52. The number of carbonyl (C=O) groups excluding carboxylic acids is 1. The Labute approximate surface area is 263 Å². The van der Waals surface area contributed by atoms with Crippen LogP contribution >= 0.6 is 0 Å². The van der Waals surface area contributed by atoms with Gasteiger partial charge in [-0.1, -0.05) is 61.6 Å². The quantitative estimate of drug-likeness (QED) is 0.112. The Hall–Kier alpha value is -3.76. The van der Waals surface area contributed by atoms with Crippen LogP contribution in [0.4, 0.5) is 0 Å². The minimum absolute atomic E-state index is 0.0530. The largest absolute Gasteiger partial charge is 0.504 e. The molecule has 7 nitrogen and oxygen atoms in total. The molecule has 1 fully saturated rings. The number of aliphatic imine (C=N–C) groups is 1. The fourth-order valence-electron chi connectivity index (χ4n) is 6.35. The molecule has 7 heteroatoms. The lowest BCUT2D eigenvalue weighted by Crippen LogP contribution is -2.30. The van der Waals surface area contributed by atoms with E-state index >= 15 is 0 Å². The molecule has 2 aliphatic carbocycles. The van der Waals surface area contributed by atoms with Crippen molar-refractivity contribution in [3.63, 3.8) is 0 Å². The Kier molecular flexibility index (Phi) is 12.7. The summed E-state index contributed by atoms with van der Waals surface area (Å²) in [5.41, 5.74) is 15.5. The van der Waals surface area contributed by atoms with Crippen molar-refractivity contribution in [3.8, 4) is 23.3 Å². The van der Waals surface area contributed by atoms with Crippen LogP contribution in [0.25, 0.3) is 0 Å². The molecule has 0 aliphatic heterocycles. The Balaban J connectivity index is 1.82. The molecular weight excluding hydrogens is 550 g/mol. The molecule has 0 spiro atoms. The molecule has 44 heavy (non-hydrogen) atoms. The first kappa shape index (κ1) is 33.1. The van der Waals surface area contributed by atoms with Crippen molar-refractivity contribution in [3.05, 3.63) is 70.8 Å². The number of hydrogen-bond donors (Lipinski definition) is 3. The van der Waals surface area contributed by atoms with Crippen molar-refractivity contribution in [2.24, 2.45) is 28.3 Å². The second kappa shape index (κ2) is 16.9. The van der Waals surface area contributed by atoms with E-state index in [0.717, 1.165) is 73.6 Å². The number of ether oxygens (including phenoxy) is 2. The number of carbonyl (C=O) groups is 1. The minimum Gasteiger partial charge on any atom is -0.504 e. The molecule has 0 unspecified atom stereocenters. The number of aromatic hydroxyl groups is 1. The lowest BCUT2D eigenvalue weighted by molar-refractivity contribution is -0.114. The van der Waals surface area contributed by atoms with E-state index in [2.05, 4.69) is 35.9 Å². The van der Waals surface area contributed by atoms with E-state index in [-0.39, 0.29) is 41.5 Å². The fraction of sp³-hybridized carbons (Fsp3) is 0.514. The third-order valence-corrected chi connectivity index (χ3v) is 8.67. The fourth-order valence-corrected chi connectivity index (χ4v) is 6.35. The molecule has 0 aromatic heterocycles. The minimum atomic E-state index is -0.194. The maximum absolute atomic E-state index is 12.8. The van der Waals surface area contributed by atoms with Gasteiger partial charge in [-0.2, -0.15) is 0 Å². The van der Waals surface area contributed by atoms with Crippen molar-refractivity contribution in [2.45, 2.75) is 96.1 Å². The zero-order chi connectivity index (χ0) is 31.3. The van der Waals surface area contributed by atoms with Crippen molar-refractivity contribution < 1.29 is 19.4 Å². The molecule has 236 valence electrons. The van der Waals surface area contributed by atoms with Gasteiger partial charge in [-0.25, -0.2) is 4.99 Å². The Morgan fingerprint density at radius 3 is 2.61 bits per heavy atom. The summed E-state index contributed by atoms with van der Waals surface area (Å²) in [4.78, 5) is 17.4. The van der Waals surface area contributed by atoms with Gasteiger partial charge in [-0.15, -0.1) is 0 Å². The van der Waals surface area contributed by atoms with Crippen molar-refractivity contribution >= 4 is 11.7 Å². The van der Waals surface area contributed by atoms with Crippen LogP contribution in [-0.4, -0.2) is 42.7 Å². The van der Waals surface area contributed by atoms with Crippen LogP contribution in [0, 0.1) is 23.7 Å². The molecule has 5 N–H and O–H groups in total. The number of allylic oxidation sites excluding steroid dienone is 2. The van der Waals surface area contributed by atoms with E-state index in [1.165, 1.54) is 0 Å². The highest BCUT2D eigenvalue weighted by Crippen LogP contribution is 2.40. The van der Waals surface area contributed by atoms with E-state index in [9.17, 15) is 9.90 Å². The standard InChI is InChI=1S/C37H49N3O4/c1-3-4-6-13-30(41)19-17-28-24-35(44-31-14-9-10-15-31)36(42)33-23-27(25-43-2)16-21-34(40-37(38)39)29(18-20-32(28)33)22-26-11-7-5-8-12-26/h5-8,11-13,24,27,29,31,34,42H,3-4,9-10,14-17,19,21-23,25H2,1-2H3,(H4,38,39,40)/b13-6+/t27-,29-,34+/m0/s1. The molecule has 2 aliphatic rings. The number of phenols is 1. The van der Waals surface area contributed by atoms with Gasteiger partial charge in [-0.05, 0) is 93.4 Å². The van der Waals surface area contributed by atoms with Crippen molar-refractivity contribution in [1.29, 1.82) is 0 Å². The molecule has 0 amide bonds. The summed E-state index contributed by atoms with van der Waals surface area (Å²) in [6.07, 6.45) is 13.5. The van der Waals surface area contributed by atoms with Crippen LogP contribution in [0.3, 0.4) is 0 Å². The SMILES string of the molecule is CCC/C=C/C(=O)CCc1cc(OC2CCCC2)c(O)c2c1C#C[C@@H](Cc1ccccc1)[C@H](N=C(N)N)CC[C@H](COC)C2. The number of unbranched alkanes of at least 4 members (excludes halogenated alkanes) is 1. The maximum atomic E-state index is 12.8. The molecule has 0 bridgehead atoms. The first-order valence-corrected chi connectivity index (χ1v) is 16.2. The molecule has 3 atom stereocenters. The zero-order valence-electron chi connectivity index (χ0n) is 26.4. The number of aryl methyl sites for hydroxylation is 1. The molecule has 0 radical (unpaired) electrons. The zero-order valence-corrected chi connectivity index (χ0v) is 26.4. The molecule has 0 saturated heterocycles. The number of hydrogen-bond acceptors (Lipinski definition) is 5. The summed E-state index contributed by atoms with van der Waals surface area (Å²) < 4.78 is 12.1. The Morgan fingerprint density at radius 1 is 1.14 bits per heavy atom. The normalized spacial score (nSPS) is 20.5. The second-order valence-electron chi connectivity index (χ2n) is 12.2. The van der Waals surface area contributed by atoms with Gasteiger partial charge in [0.05, 0.1) is 12.1 Å². The number of fused-ring (bicyclic) bond motifs is 1. The summed E-state index contributed by atoms with van der Waals surface area (Å²) in [6.45, 7) is 2.62. The molecular formula is C37H49N3O4. The number of guanidine groups is 1. The summed E-state index contributed by atoms with van der Waals surface area (Å²) in [5.74, 6) is 7.76. The molecule has 0 heterocycles. The number of benzene rings is 2. The highest BCUT2D eigenvalue weighted by Gasteiger charge is 2.28. The number of nitrogens with two attached hydrogens (primary N) is 2. The van der Waals surface area contributed by atoms with Gasteiger partial charge in [0, 0.05) is 37.2 Å². The lowest BCUT2D eigenvalue weighted by atomic mass is 9.83. The summed E-state index contributed by atoms with van der Waals surface area (Å²) >= 11 is 0. The number of methoxy groups -OCH3 is 1. The first-order chi connectivity index (χ1) is 21.4. The first-order valence-electron chi connectivity index (χ1n) is 16.2. The second-order valence-corrected chi connectivity index (χ2v) is 12.2. The highest BCUT2D eigenvalue weighted by molar-refractivity contribution is 5.89. The van der Waals surface area contributed by atoms with Gasteiger partial charge < -0.3 is 26.0 Å². The molecule has 2 aromatic carbocycles. The number of phenolic OH excluding ortho intramolecular Hbond substituents is 1. The predicted molar refractivity (Wildman–Crippen MR) is 177 cm³/mol. The van der Waals surface area contributed by atoms with Crippen LogP contribution in [0.1, 0.15) is 87.0 Å². The molecule has 2 aromatic rings. The van der Waals surface area contributed by atoms with Crippen LogP contribution in [0.15, 0.2) is 53.5 Å². The third-order valence-electron chi connectivity index (χ3n) is 8.67. The van der Waals surface area contributed by atoms with Gasteiger partial charge in [0.15, 0.2) is 23.2 Å². The summed E-state index contributed by atoms with van der Waals surface area (Å²) in [7, 11) is 1.70. The smallest absolute Gasteiger partial charge is 0.186 e. The summed E-state index contributed by atoms with van der Waals surface area (Å²) in [6, 6.07) is 12.0. The van der Waals surface area contributed by atoms with Crippen LogP contribution in [-0.2, 0) is 28.8 Å². The molecule has 4 rings (SSSR count). The number of rotatable bonds is 13. The van der Waals surface area contributed by atoms with E-state index in [0.29, 0.717) is 38.0 Å². The topological polar surface area (TPSA) is 120 Å². The van der Waals surface area contributed by atoms with E-state index in [1.807, 2.05) is 30.3 Å². The Bertz CT molecular complexity index is 1350. The Morgan fingerprint density at radius 2 is 1.91 bits per heavy atom. The predicted octanol–water partition coefficient (Wildman–Crippen LogP) is 6.02. The van der Waals surface area contributed by atoms with E-state index in [4.69, 9.17) is 20.9 Å². The van der Waals surface area contributed by atoms with Crippen molar-refractivity contribution in [2.75, 3.05) is 13.7 Å². The van der Waals surface area contributed by atoms with Gasteiger partial charge in [-0.3, -0.25) is 4.79 Å². The average molecular weight is 600 g/mol. The summed E-state index contributed by atoms with van der Waals surface area (Å²) in [5, 5.41) is 11.7. The highest BCUT2D eigenvalue weighted by atomic mass is 16.5. The monoisotopic (exact) mass is 599 g/mol. The van der Waals surface area contributed by atoms with E-state index < -0.39 is 0 Å². The van der Waals surface area contributed by atoms with Crippen LogP contribution in [0.2, 0.25) is 0 Å². The van der Waals surface area contributed by atoms with Gasteiger partial charge in [0.1, 0.15) is 0 Å².